The fourth-order valence-corrected chi connectivity index (χ4v) is 2.95. The molecule has 1 heterocycles. The lowest BCUT2D eigenvalue weighted by molar-refractivity contribution is -0.114. The second kappa shape index (κ2) is 8.35. The Labute approximate surface area is 158 Å². The number of urea groups is 1. The zero-order valence-corrected chi connectivity index (χ0v) is 15.1. The molecule has 0 aliphatic carbocycles. The van der Waals surface area contributed by atoms with Crippen molar-refractivity contribution in [2.45, 2.75) is 6.92 Å². The number of nitrogens with one attached hydrogen (secondary N) is 2. The number of carbonyl (C=O) groups excluding carboxylic acids is 3. The van der Waals surface area contributed by atoms with Gasteiger partial charge in [0.1, 0.15) is 0 Å². The molecular formula is C20H22N4O3. The van der Waals surface area contributed by atoms with Gasteiger partial charge in [-0.1, -0.05) is 24.3 Å². The van der Waals surface area contributed by atoms with Crippen molar-refractivity contribution in [3.05, 3.63) is 60.2 Å². The lowest BCUT2D eigenvalue weighted by atomic mass is 10.1. The normalized spacial score (nSPS) is 13.8. The van der Waals surface area contributed by atoms with E-state index >= 15 is 0 Å². The van der Waals surface area contributed by atoms with Gasteiger partial charge in [0.25, 0.3) is 5.91 Å². The maximum absolute atomic E-state index is 12.7. The van der Waals surface area contributed by atoms with Crippen LogP contribution in [0.5, 0.6) is 0 Å². The van der Waals surface area contributed by atoms with Gasteiger partial charge >= 0.3 is 6.03 Å². The first-order valence-corrected chi connectivity index (χ1v) is 8.81. The highest BCUT2D eigenvalue weighted by Gasteiger charge is 2.25. The minimum Gasteiger partial charge on any atom is -0.335 e. The van der Waals surface area contributed by atoms with Crippen molar-refractivity contribution in [2.75, 3.05) is 36.8 Å². The van der Waals surface area contributed by atoms with Crippen LogP contribution in [0.15, 0.2) is 54.6 Å². The number of hydrogen-bond donors (Lipinski definition) is 2. The fraction of sp³-hybridized carbons (Fsp3) is 0.250. The van der Waals surface area contributed by atoms with E-state index in [9.17, 15) is 14.4 Å². The van der Waals surface area contributed by atoms with Crippen molar-refractivity contribution >= 4 is 29.2 Å². The molecule has 7 heteroatoms. The summed E-state index contributed by atoms with van der Waals surface area (Å²) in [5.74, 6) is -0.289. The lowest BCUT2D eigenvalue weighted by Gasteiger charge is -2.34. The molecule has 3 rings (SSSR count). The molecule has 0 aromatic heterocycles. The number of nitrogens with zero attached hydrogens (tertiary/aromatic N) is 2. The van der Waals surface area contributed by atoms with Gasteiger partial charge in [-0.3, -0.25) is 9.59 Å². The molecule has 2 aromatic rings. The molecule has 140 valence electrons. The number of hydrogen-bond acceptors (Lipinski definition) is 3. The molecular weight excluding hydrogens is 344 g/mol. The van der Waals surface area contributed by atoms with Crippen molar-refractivity contribution in [1.82, 2.24) is 9.80 Å². The van der Waals surface area contributed by atoms with Crippen LogP contribution in [0.2, 0.25) is 0 Å². The number of amides is 4. The Kier molecular flexibility index (Phi) is 5.71. The Morgan fingerprint density at radius 1 is 0.778 bits per heavy atom. The molecule has 1 aliphatic heterocycles. The summed E-state index contributed by atoms with van der Waals surface area (Å²) in [5, 5.41) is 5.53. The third-order valence-electron chi connectivity index (χ3n) is 4.31. The second-order valence-electron chi connectivity index (χ2n) is 6.34. The van der Waals surface area contributed by atoms with Crippen LogP contribution in [0.4, 0.5) is 16.2 Å². The van der Waals surface area contributed by atoms with E-state index in [-0.39, 0.29) is 17.8 Å². The summed E-state index contributed by atoms with van der Waals surface area (Å²) in [4.78, 5) is 39.6. The molecule has 4 amide bonds. The molecule has 0 radical (unpaired) electrons. The Balaban J connectivity index is 1.56. The molecule has 0 spiro atoms. The summed E-state index contributed by atoms with van der Waals surface area (Å²) in [5.41, 5.74) is 1.86. The minimum absolute atomic E-state index is 0.106. The molecule has 0 unspecified atom stereocenters. The Hall–Kier alpha value is -3.35. The first-order chi connectivity index (χ1) is 13.0. The van der Waals surface area contributed by atoms with Gasteiger partial charge in [0.2, 0.25) is 5.91 Å². The van der Waals surface area contributed by atoms with E-state index in [4.69, 9.17) is 0 Å². The smallest absolute Gasteiger partial charge is 0.321 e. The number of rotatable bonds is 3. The van der Waals surface area contributed by atoms with Gasteiger partial charge in [0.05, 0.1) is 0 Å². The number of anilines is 2. The van der Waals surface area contributed by atoms with Gasteiger partial charge < -0.3 is 20.4 Å². The summed E-state index contributed by atoms with van der Waals surface area (Å²) in [7, 11) is 0. The minimum atomic E-state index is -0.183. The standard InChI is InChI=1S/C20H22N4O3/c1-15(25)21-18-9-5-6-16(14-18)19(26)23-10-12-24(13-11-23)20(27)22-17-7-3-2-4-8-17/h2-9,14H,10-13H2,1H3,(H,21,25)(H,22,27). The molecule has 2 N–H and O–H groups in total. The Bertz CT molecular complexity index is 830. The van der Waals surface area contributed by atoms with Crippen LogP contribution in [0.3, 0.4) is 0 Å². The zero-order chi connectivity index (χ0) is 19.2. The topological polar surface area (TPSA) is 81.8 Å². The molecule has 1 saturated heterocycles. The highest BCUT2D eigenvalue weighted by molar-refractivity contribution is 5.97. The Morgan fingerprint density at radius 3 is 2.07 bits per heavy atom. The van der Waals surface area contributed by atoms with Crippen molar-refractivity contribution < 1.29 is 14.4 Å². The van der Waals surface area contributed by atoms with Gasteiger partial charge in [0.15, 0.2) is 0 Å². The number of benzene rings is 2. The maximum atomic E-state index is 12.7. The summed E-state index contributed by atoms with van der Waals surface area (Å²) >= 11 is 0. The first kappa shape index (κ1) is 18.4. The zero-order valence-electron chi connectivity index (χ0n) is 15.1. The third kappa shape index (κ3) is 4.84. The lowest BCUT2D eigenvalue weighted by Crippen LogP contribution is -2.51. The predicted octanol–water partition coefficient (Wildman–Crippen LogP) is 2.63. The van der Waals surface area contributed by atoms with E-state index < -0.39 is 0 Å². The van der Waals surface area contributed by atoms with Crippen molar-refractivity contribution in [3.63, 3.8) is 0 Å². The molecule has 0 bridgehead atoms. The predicted molar refractivity (Wildman–Crippen MR) is 104 cm³/mol. The van der Waals surface area contributed by atoms with Crippen LogP contribution in [0.25, 0.3) is 0 Å². The van der Waals surface area contributed by atoms with Gasteiger partial charge in [-0.25, -0.2) is 4.79 Å². The molecule has 7 nitrogen and oxygen atoms in total. The van der Waals surface area contributed by atoms with Crippen LogP contribution in [0, 0.1) is 0 Å². The number of carbonyl (C=O) groups is 3. The Morgan fingerprint density at radius 2 is 1.41 bits per heavy atom. The van der Waals surface area contributed by atoms with Crippen molar-refractivity contribution in [2.24, 2.45) is 0 Å². The van der Waals surface area contributed by atoms with E-state index in [2.05, 4.69) is 10.6 Å². The van der Waals surface area contributed by atoms with Gasteiger partial charge in [0, 0.05) is 50.0 Å². The molecule has 1 fully saturated rings. The van der Waals surface area contributed by atoms with Crippen LogP contribution >= 0.6 is 0 Å². The number of piperazine rings is 1. The van der Waals surface area contributed by atoms with E-state index in [0.717, 1.165) is 5.69 Å². The number of para-hydroxylation sites is 1. The fourth-order valence-electron chi connectivity index (χ4n) is 2.95. The van der Waals surface area contributed by atoms with Crippen molar-refractivity contribution in [3.8, 4) is 0 Å². The highest BCUT2D eigenvalue weighted by Crippen LogP contribution is 2.15. The maximum Gasteiger partial charge on any atom is 0.321 e. The third-order valence-corrected chi connectivity index (χ3v) is 4.31. The van der Waals surface area contributed by atoms with E-state index in [0.29, 0.717) is 37.4 Å². The second-order valence-corrected chi connectivity index (χ2v) is 6.34. The first-order valence-electron chi connectivity index (χ1n) is 8.81. The van der Waals surface area contributed by atoms with Crippen LogP contribution in [-0.4, -0.2) is 53.8 Å². The highest BCUT2D eigenvalue weighted by atomic mass is 16.2. The van der Waals surface area contributed by atoms with Crippen LogP contribution in [0.1, 0.15) is 17.3 Å². The molecule has 2 aromatic carbocycles. The van der Waals surface area contributed by atoms with Crippen LogP contribution < -0.4 is 10.6 Å². The van der Waals surface area contributed by atoms with E-state index in [1.54, 1.807) is 34.1 Å². The average Bonchev–Trinajstić information content (AvgIpc) is 2.68. The summed E-state index contributed by atoms with van der Waals surface area (Å²) < 4.78 is 0. The summed E-state index contributed by atoms with van der Waals surface area (Å²) in [6.45, 7) is 3.29. The molecule has 0 atom stereocenters. The van der Waals surface area contributed by atoms with Gasteiger partial charge in [-0.15, -0.1) is 0 Å². The summed E-state index contributed by atoms with van der Waals surface area (Å²) in [6.07, 6.45) is 0. The van der Waals surface area contributed by atoms with Gasteiger partial charge in [-0.05, 0) is 30.3 Å². The van der Waals surface area contributed by atoms with E-state index in [1.165, 1.54) is 6.92 Å². The van der Waals surface area contributed by atoms with Crippen LogP contribution in [-0.2, 0) is 4.79 Å². The molecule has 27 heavy (non-hydrogen) atoms. The monoisotopic (exact) mass is 366 g/mol. The SMILES string of the molecule is CC(=O)Nc1cccc(C(=O)N2CCN(C(=O)Nc3ccccc3)CC2)c1. The van der Waals surface area contributed by atoms with Crippen molar-refractivity contribution in [1.29, 1.82) is 0 Å². The molecule has 1 aliphatic rings. The van der Waals surface area contributed by atoms with Gasteiger partial charge in [-0.2, -0.15) is 0 Å². The average molecular weight is 366 g/mol. The van der Waals surface area contributed by atoms with E-state index in [1.807, 2.05) is 30.3 Å². The summed E-state index contributed by atoms with van der Waals surface area (Å²) in [6, 6.07) is 16.0. The molecule has 0 saturated carbocycles. The largest absolute Gasteiger partial charge is 0.335 e. The quantitative estimate of drug-likeness (QED) is 0.876.